The van der Waals surface area contributed by atoms with E-state index in [1.165, 1.54) is 32.1 Å². The van der Waals surface area contributed by atoms with E-state index in [4.69, 9.17) is 24.9 Å². The summed E-state index contributed by atoms with van der Waals surface area (Å²) in [6.07, 6.45) is 8.36. The number of unbranched alkanes of at least 4 members (excludes halogenated alkanes) is 3. The van der Waals surface area contributed by atoms with Crippen molar-refractivity contribution < 1.29 is 13.3 Å². The molecule has 2 atom stereocenters. The van der Waals surface area contributed by atoms with Crippen LogP contribution in [0.3, 0.4) is 0 Å². The van der Waals surface area contributed by atoms with Crippen molar-refractivity contribution in [2.45, 2.75) is 76.6 Å². The van der Waals surface area contributed by atoms with Crippen LogP contribution >= 0.6 is 11.6 Å². The van der Waals surface area contributed by atoms with E-state index in [1.807, 2.05) is 0 Å². The van der Waals surface area contributed by atoms with E-state index in [9.17, 15) is 0 Å². The fourth-order valence-electron chi connectivity index (χ4n) is 2.63. The summed E-state index contributed by atoms with van der Waals surface area (Å²) >= 11 is 6.75. The molecule has 0 aliphatic heterocycles. The maximum absolute atomic E-state index is 6.75. The first-order chi connectivity index (χ1) is 9.87. The first kappa shape index (κ1) is 21.4. The van der Waals surface area contributed by atoms with Crippen LogP contribution in [0.2, 0.25) is 6.04 Å². The lowest BCUT2D eigenvalue weighted by atomic mass is 9.86. The van der Waals surface area contributed by atoms with Gasteiger partial charge in [-0.2, -0.15) is 0 Å². The zero-order valence-electron chi connectivity index (χ0n) is 14.8. The van der Waals surface area contributed by atoms with Crippen molar-refractivity contribution in [3.8, 4) is 0 Å². The molecule has 3 nitrogen and oxygen atoms in total. The number of hydrogen-bond donors (Lipinski definition) is 0. The molecule has 5 heteroatoms. The largest absolute Gasteiger partial charge is 0.500 e. The Morgan fingerprint density at radius 2 is 1.57 bits per heavy atom. The molecule has 0 bridgehead atoms. The number of halogens is 1. The summed E-state index contributed by atoms with van der Waals surface area (Å²) in [7, 11) is 2.54. The molecule has 0 spiro atoms. The Labute approximate surface area is 138 Å². The molecule has 21 heavy (non-hydrogen) atoms. The van der Waals surface area contributed by atoms with E-state index >= 15 is 0 Å². The molecule has 0 amide bonds. The average molecular weight is 339 g/mol. The van der Waals surface area contributed by atoms with Gasteiger partial charge in [0.15, 0.2) is 0 Å². The molecular weight excluding hydrogens is 304 g/mol. The van der Waals surface area contributed by atoms with E-state index in [1.54, 1.807) is 21.3 Å². The van der Waals surface area contributed by atoms with Gasteiger partial charge in [-0.1, -0.05) is 39.5 Å². The molecule has 2 unspecified atom stereocenters. The van der Waals surface area contributed by atoms with Crippen molar-refractivity contribution in [1.29, 1.82) is 0 Å². The zero-order chi connectivity index (χ0) is 16.4. The summed E-state index contributed by atoms with van der Waals surface area (Å²) in [6, 6.07) is 0.821. The van der Waals surface area contributed by atoms with Crippen LogP contribution in [0.25, 0.3) is 0 Å². The van der Waals surface area contributed by atoms with Crippen LogP contribution in [0.4, 0.5) is 0 Å². The highest BCUT2D eigenvalue weighted by Gasteiger charge is 2.38. The Balaban J connectivity index is 4.15. The molecule has 0 aromatic carbocycles. The molecule has 128 valence electrons. The van der Waals surface area contributed by atoms with Crippen LogP contribution in [-0.4, -0.2) is 35.0 Å². The molecule has 0 saturated carbocycles. The number of hydrogen-bond acceptors (Lipinski definition) is 3. The van der Waals surface area contributed by atoms with Crippen molar-refractivity contribution >= 4 is 20.4 Å². The van der Waals surface area contributed by atoms with Crippen LogP contribution in [0.1, 0.15) is 65.7 Å². The summed E-state index contributed by atoms with van der Waals surface area (Å²) in [5.41, 5.74) is 0. The van der Waals surface area contributed by atoms with Crippen molar-refractivity contribution in [2.75, 3.05) is 21.3 Å². The molecule has 0 rings (SSSR count). The van der Waals surface area contributed by atoms with E-state index in [0.717, 1.165) is 18.9 Å². The van der Waals surface area contributed by atoms with Gasteiger partial charge in [-0.15, -0.1) is 11.6 Å². The first-order valence-electron chi connectivity index (χ1n) is 8.21. The van der Waals surface area contributed by atoms with Crippen LogP contribution in [-0.2, 0) is 13.3 Å². The normalized spacial score (nSPS) is 16.7. The monoisotopic (exact) mass is 338 g/mol. The minimum absolute atomic E-state index is 0.151. The predicted molar refractivity (Wildman–Crippen MR) is 93.0 cm³/mol. The van der Waals surface area contributed by atoms with Crippen LogP contribution < -0.4 is 0 Å². The van der Waals surface area contributed by atoms with Gasteiger partial charge in [0.25, 0.3) is 0 Å². The average Bonchev–Trinajstić information content (AvgIpc) is 2.48. The molecular formula is C16H35ClO3Si. The highest BCUT2D eigenvalue weighted by atomic mass is 35.5. The Kier molecular flexibility index (Phi) is 11.2. The quantitative estimate of drug-likeness (QED) is 0.261. The maximum atomic E-state index is 6.75. The standard InChI is InChI=1S/C16H35ClO3Si/c1-7-8-9-10-12-15(2)16(3,17)13-11-14-21(18-4,19-5)20-6/h15H,7-14H2,1-6H3. The van der Waals surface area contributed by atoms with Gasteiger partial charge < -0.3 is 13.3 Å². The van der Waals surface area contributed by atoms with Crippen LogP contribution in [0.15, 0.2) is 0 Å². The Morgan fingerprint density at radius 3 is 2.05 bits per heavy atom. The fourth-order valence-corrected chi connectivity index (χ4v) is 4.60. The molecule has 0 aliphatic rings. The third kappa shape index (κ3) is 7.98. The molecule has 0 aromatic rings. The summed E-state index contributed by atoms with van der Waals surface area (Å²) in [4.78, 5) is -0.151. The third-order valence-corrected chi connectivity index (χ3v) is 7.99. The summed E-state index contributed by atoms with van der Waals surface area (Å²) < 4.78 is 16.4. The number of rotatable bonds is 13. The Hall–Kier alpha value is 0.387. The second-order valence-corrected chi connectivity index (χ2v) is 10.1. The van der Waals surface area contributed by atoms with Gasteiger partial charge in [-0.25, -0.2) is 0 Å². The molecule has 0 radical (unpaired) electrons. The second-order valence-electron chi connectivity index (χ2n) is 6.18. The smallest absolute Gasteiger partial charge is 0.377 e. The van der Waals surface area contributed by atoms with Crippen molar-refractivity contribution in [2.24, 2.45) is 5.92 Å². The summed E-state index contributed by atoms with van der Waals surface area (Å²) in [6.45, 7) is 6.67. The Morgan fingerprint density at radius 1 is 1.00 bits per heavy atom. The van der Waals surface area contributed by atoms with Gasteiger partial charge >= 0.3 is 8.80 Å². The second kappa shape index (κ2) is 11.0. The van der Waals surface area contributed by atoms with Crippen LogP contribution in [0.5, 0.6) is 0 Å². The molecule has 0 fully saturated rings. The van der Waals surface area contributed by atoms with Gasteiger partial charge in [0, 0.05) is 32.2 Å². The van der Waals surface area contributed by atoms with E-state index in [2.05, 4.69) is 20.8 Å². The van der Waals surface area contributed by atoms with E-state index in [-0.39, 0.29) is 4.87 Å². The third-order valence-electron chi connectivity index (χ3n) is 4.60. The molecule has 0 aromatic heterocycles. The lowest BCUT2D eigenvalue weighted by molar-refractivity contribution is 0.122. The highest BCUT2D eigenvalue weighted by Crippen LogP contribution is 2.35. The van der Waals surface area contributed by atoms with E-state index in [0.29, 0.717) is 5.92 Å². The van der Waals surface area contributed by atoms with Gasteiger partial charge in [-0.05, 0) is 32.1 Å². The molecule has 0 saturated heterocycles. The summed E-state index contributed by atoms with van der Waals surface area (Å²) in [5, 5.41) is 0. The topological polar surface area (TPSA) is 27.7 Å². The van der Waals surface area contributed by atoms with Gasteiger partial charge in [-0.3, -0.25) is 0 Å². The fraction of sp³-hybridized carbons (Fsp3) is 1.00. The van der Waals surface area contributed by atoms with Crippen molar-refractivity contribution in [3.63, 3.8) is 0 Å². The highest BCUT2D eigenvalue weighted by molar-refractivity contribution is 6.60. The summed E-state index contributed by atoms with van der Waals surface area (Å²) in [5.74, 6) is 0.528. The molecule has 0 heterocycles. The number of alkyl halides is 1. The van der Waals surface area contributed by atoms with Gasteiger partial charge in [0.1, 0.15) is 0 Å². The maximum Gasteiger partial charge on any atom is 0.500 e. The van der Waals surface area contributed by atoms with Gasteiger partial charge in [0.2, 0.25) is 0 Å². The molecule has 0 aliphatic carbocycles. The Bertz CT molecular complexity index is 250. The first-order valence-corrected chi connectivity index (χ1v) is 10.5. The van der Waals surface area contributed by atoms with Crippen molar-refractivity contribution in [3.05, 3.63) is 0 Å². The van der Waals surface area contributed by atoms with Gasteiger partial charge in [0.05, 0.1) is 0 Å². The minimum Gasteiger partial charge on any atom is -0.377 e. The van der Waals surface area contributed by atoms with Crippen LogP contribution in [0, 0.1) is 5.92 Å². The lowest BCUT2D eigenvalue weighted by Crippen LogP contribution is -2.43. The molecule has 0 N–H and O–H groups in total. The zero-order valence-corrected chi connectivity index (χ0v) is 16.6. The lowest BCUT2D eigenvalue weighted by Gasteiger charge is -2.31. The minimum atomic E-state index is -2.45. The van der Waals surface area contributed by atoms with Crippen molar-refractivity contribution in [1.82, 2.24) is 0 Å². The predicted octanol–water partition coefficient (Wildman–Crippen LogP) is 5.25. The SMILES string of the molecule is CCCCCCC(C)C(C)(Cl)CCC[Si](OC)(OC)OC. The van der Waals surface area contributed by atoms with E-state index < -0.39 is 8.80 Å².